The lowest BCUT2D eigenvalue weighted by atomic mass is 10.0. The van der Waals surface area contributed by atoms with Crippen LogP contribution in [0.3, 0.4) is 0 Å². The van der Waals surface area contributed by atoms with Crippen LogP contribution in [0.15, 0.2) is 12.3 Å². The van der Waals surface area contributed by atoms with Crippen molar-refractivity contribution in [3.63, 3.8) is 0 Å². The number of phosphoric acid groups is 1. The maximum atomic E-state index is 11.3. The predicted molar refractivity (Wildman–Crippen MR) is 64.8 cm³/mol. The first-order chi connectivity index (χ1) is 9.51. The second-order valence-corrected chi connectivity index (χ2v) is 5.26. The molecule has 0 heterocycles. The summed E-state index contributed by atoms with van der Waals surface area (Å²) in [5.41, 5.74) is 0. The number of aliphatic carboxylic acids is 1. The molecule has 0 aliphatic heterocycles. The number of carboxylic acids is 1. The quantitative estimate of drug-likeness (QED) is 0.124. The standard InChI is InChI=1S/C9H17O11P/c1-4(9(15)16)20-21(17,18)19-3-6(12)8(14)7(13)5(11)2-10/h5-8,10-14H,1-3H2,(H,15,16)(H,17,18)/t5-,6+,7-,8-/m1/s1. The number of hydrogen-bond acceptors (Lipinski definition) is 9. The Morgan fingerprint density at radius 2 is 1.62 bits per heavy atom. The lowest BCUT2D eigenvalue weighted by Crippen LogP contribution is -2.47. The van der Waals surface area contributed by atoms with Crippen LogP contribution in [-0.4, -0.2) is 79.1 Å². The molecule has 124 valence electrons. The lowest BCUT2D eigenvalue weighted by molar-refractivity contribution is -0.135. The van der Waals surface area contributed by atoms with Crippen molar-refractivity contribution in [1.82, 2.24) is 0 Å². The van der Waals surface area contributed by atoms with Gasteiger partial charge >= 0.3 is 13.8 Å². The van der Waals surface area contributed by atoms with Crippen molar-refractivity contribution in [2.45, 2.75) is 24.4 Å². The highest BCUT2D eigenvalue weighted by Gasteiger charge is 2.33. The van der Waals surface area contributed by atoms with Gasteiger partial charge in [0.25, 0.3) is 0 Å². The molecular formula is C9H17O11P. The highest BCUT2D eigenvalue weighted by molar-refractivity contribution is 7.47. The van der Waals surface area contributed by atoms with Gasteiger partial charge in [-0.1, -0.05) is 0 Å². The zero-order chi connectivity index (χ0) is 16.8. The normalized spacial score (nSPS) is 19.9. The van der Waals surface area contributed by atoms with Crippen molar-refractivity contribution < 1.29 is 53.9 Å². The molecule has 7 N–H and O–H groups in total. The van der Waals surface area contributed by atoms with Gasteiger partial charge in [-0.15, -0.1) is 0 Å². The van der Waals surface area contributed by atoms with E-state index in [1.165, 1.54) is 0 Å². The van der Waals surface area contributed by atoms with Crippen molar-refractivity contribution in [2.24, 2.45) is 0 Å². The molecule has 5 atom stereocenters. The Labute approximate surface area is 118 Å². The minimum absolute atomic E-state index is 0.897. The zero-order valence-corrected chi connectivity index (χ0v) is 11.5. The van der Waals surface area contributed by atoms with Crippen LogP contribution in [0.4, 0.5) is 0 Å². The SMILES string of the molecule is C=C(OP(=O)(O)OC[C@H](O)[C@@H](O)[C@H](O)[C@H](O)CO)C(=O)O. The molecule has 0 spiro atoms. The van der Waals surface area contributed by atoms with Crippen LogP contribution < -0.4 is 0 Å². The Kier molecular flexibility index (Phi) is 8.00. The molecule has 0 aliphatic rings. The molecule has 0 rings (SSSR count). The summed E-state index contributed by atoms with van der Waals surface area (Å²) in [5.74, 6) is -2.79. The average Bonchev–Trinajstić information content (AvgIpc) is 2.41. The fraction of sp³-hybridized carbons (Fsp3) is 0.667. The van der Waals surface area contributed by atoms with Crippen LogP contribution in [0.5, 0.6) is 0 Å². The third-order valence-electron chi connectivity index (χ3n) is 2.20. The monoisotopic (exact) mass is 332 g/mol. The van der Waals surface area contributed by atoms with Gasteiger partial charge in [0.05, 0.1) is 13.2 Å². The van der Waals surface area contributed by atoms with Gasteiger partial charge in [-0.2, -0.15) is 0 Å². The highest BCUT2D eigenvalue weighted by Crippen LogP contribution is 2.45. The Morgan fingerprint density at radius 3 is 2.05 bits per heavy atom. The summed E-state index contributed by atoms with van der Waals surface area (Å²) in [6.07, 6.45) is -7.63. The summed E-state index contributed by atoms with van der Waals surface area (Å²) in [6.45, 7) is 0.890. The highest BCUT2D eigenvalue weighted by atomic mass is 31.2. The molecule has 1 unspecified atom stereocenters. The van der Waals surface area contributed by atoms with Crippen LogP contribution in [0.2, 0.25) is 0 Å². The molecular weight excluding hydrogens is 315 g/mol. The minimum atomic E-state index is -4.90. The molecule has 0 aromatic rings. The molecule has 0 bridgehead atoms. The summed E-state index contributed by atoms with van der Waals surface area (Å²) in [7, 11) is -4.90. The number of aliphatic hydroxyl groups excluding tert-OH is 5. The van der Waals surface area contributed by atoms with Crippen LogP contribution >= 0.6 is 7.82 Å². The van der Waals surface area contributed by atoms with Crippen LogP contribution in [-0.2, 0) is 18.4 Å². The first-order valence-corrected chi connectivity index (χ1v) is 6.93. The maximum absolute atomic E-state index is 11.3. The van der Waals surface area contributed by atoms with Gasteiger partial charge in [-0.3, -0.25) is 9.42 Å². The summed E-state index contributed by atoms with van der Waals surface area (Å²) in [4.78, 5) is 19.4. The second-order valence-electron chi connectivity index (χ2n) is 3.88. The number of hydrogen-bond donors (Lipinski definition) is 7. The molecule has 0 saturated heterocycles. The Morgan fingerprint density at radius 1 is 1.14 bits per heavy atom. The van der Waals surface area contributed by atoms with Gasteiger partial charge in [-0.05, 0) is 6.58 Å². The molecule has 0 saturated carbocycles. The van der Waals surface area contributed by atoms with E-state index in [0.29, 0.717) is 0 Å². The van der Waals surface area contributed by atoms with E-state index >= 15 is 0 Å². The molecule has 0 amide bonds. The van der Waals surface area contributed by atoms with Crippen molar-refractivity contribution in [2.75, 3.05) is 13.2 Å². The van der Waals surface area contributed by atoms with E-state index in [1.807, 2.05) is 0 Å². The summed E-state index contributed by atoms with van der Waals surface area (Å²) in [5, 5.41) is 54.0. The topological polar surface area (TPSA) is 194 Å². The van der Waals surface area contributed by atoms with Crippen molar-refractivity contribution >= 4 is 13.8 Å². The number of carboxylic acid groups (broad SMARTS) is 1. The largest absolute Gasteiger partial charge is 0.527 e. The minimum Gasteiger partial charge on any atom is -0.475 e. The first-order valence-electron chi connectivity index (χ1n) is 5.44. The Balaban J connectivity index is 4.46. The number of phosphoric ester groups is 1. The fourth-order valence-corrected chi connectivity index (χ4v) is 1.79. The van der Waals surface area contributed by atoms with Crippen molar-refractivity contribution in [3.8, 4) is 0 Å². The third-order valence-corrected chi connectivity index (χ3v) is 3.12. The number of aliphatic hydroxyl groups is 5. The molecule has 0 aliphatic carbocycles. The van der Waals surface area contributed by atoms with Crippen LogP contribution in [0.1, 0.15) is 0 Å². The molecule has 0 fully saturated rings. The van der Waals surface area contributed by atoms with E-state index in [1.54, 1.807) is 0 Å². The van der Waals surface area contributed by atoms with Gasteiger partial charge in [-0.25, -0.2) is 9.36 Å². The van der Waals surface area contributed by atoms with Crippen molar-refractivity contribution in [1.29, 1.82) is 0 Å². The fourth-order valence-electron chi connectivity index (χ4n) is 1.04. The summed E-state index contributed by atoms with van der Waals surface area (Å²) >= 11 is 0. The van der Waals surface area contributed by atoms with E-state index in [4.69, 9.17) is 20.2 Å². The second kappa shape index (κ2) is 8.41. The van der Waals surface area contributed by atoms with Gasteiger partial charge in [0, 0.05) is 0 Å². The van der Waals surface area contributed by atoms with E-state index in [-0.39, 0.29) is 0 Å². The van der Waals surface area contributed by atoms with E-state index in [9.17, 15) is 24.7 Å². The summed E-state index contributed by atoms with van der Waals surface area (Å²) in [6, 6.07) is 0. The van der Waals surface area contributed by atoms with E-state index in [2.05, 4.69) is 15.6 Å². The molecule has 11 nitrogen and oxygen atoms in total. The van der Waals surface area contributed by atoms with Gasteiger partial charge in [0.1, 0.15) is 24.4 Å². The molecule has 0 aromatic heterocycles. The van der Waals surface area contributed by atoms with Gasteiger partial charge < -0.3 is 35.2 Å². The van der Waals surface area contributed by atoms with Crippen LogP contribution in [0.25, 0.3) is 0 Å². The Bertz CT molecular complexity index is 410. The van der Waals surface area contributed by atoms with E-state index in [0.717, 1.165) is 0 Å². The molecule has 0 radical (unpaired) electrons. The predicted octanol–water partition coefficient (Wildman–Crippen LogP) is -2.85. The lowest BCUT2D eigenvalue weighted by Gasteiger charge is -2.25. The van der Waals surface area contributed by atoms with Gasteiger partial charge in [0.2, 0.25) is 5.76 Å². The van der Waals surface area contributed by atoms with Crippen LogP contribution in [0, 0.1) is 0 Å². The molecule has 21 heavy (non-hydrogen) atoms. The Hall–Kier alpha value is -1.04. The maximum Gasteiger partial charge on any atom is 0.527 e. The molecule has 12 heteroatoms. The number of rotatable bonds is 10. The van der Waals surface area contributed by atoms with Gasteiger partial charge in [0.15, 0.2) is 0 Å². The number of carbonyl (C=O) groups is 1. The summed E-state index contributed by atoms with van der Waals surface area (Å²) < 4.78 is 19.5. The zero-order valence-electron chi connectivity index (χ0n) is 10.6. The smallest absolute Gasteiger partial charge is 0.475 e. The third kappa shape index (κ3) is 6.98. The first kappa shape index (κ1) is 20.0. The van der Waals surface area contributed by atoms with Crippen molar-refractivity contribution in [3.05, 3.63) is 12.3 Å². The molecule has 0 aromatic carbocycles. The van der Waals surface area contributed by atoms with E-state index < -0.39 is 57.2 Å². The average molecular weight is 332 g/mol.